The number of hydrogen-bond acceptors (Lipinski definition) is 3. The molecule has 0 radical (unpaired) electrons. The van der Waals surface area contributed by atoms with E-state index in [9.17, 15) is 0 Å². The molecule has 1 aliphatic heterocycles. The van der Waals surface area contributed by atoms with Crippen LogP contribution < -0.4 is 10.2 Å². The number of hydrogen-bond donors (Lipinski definition) is 1. The molecule has 0 unspecified atom stereocenters. The summed E-state index contributed by atoms with van der Waals surface area (Å²) >= 11 is 0. The van der Waals surface area contributed by atoms with E-state index in [1.165, 1.54) is 43.2 Å². The predicted molar refractivity (Wildman–Crippen MR) is 156 cm³/mol. The number of benzene rings is 1. The van der Waals surface area contributed by atoms with Gasteiger partial charge in [-0.1, -0.05) is 44.7 Å². The quantitative estimate of drug-likeness (QED) is 0.318. The van der Waals surface area contributed by atoms with Gasteiger partial charge in [0.05, 0.1) is 0 Å². The van der Waals surface area contributed by atoms with E-state index in [4.69, 9.17) is 4.98 Å². The summed E-state index contributed by atoms with van der Waals surface area (Å²) in [5, 5.41) is 3.66. The van der Waals surface area contributed by atoms with Gasteiger partial charge in [-0.3, -0.25) is 0 Å². The molecular formula is C33H46FN3. The molecule has 0 spiro atoms. The molecule has 2 atom stereocenters. The monoisotopic (exact) mass is 503 g/mol. The Morgan fingerprint density at radius 1 is 1.11 bits per heavy atom. The maximum atomic E-state index is 15.5. The number of nitrogens with one attached hydrogen (secondary N) is 1. The maximum Gasteiger partial charge on any atom is 0.131 e. The highest BCUT2D eigenvalue weighted by Crippen LogP contribution is 2.42. The minimum atomic E-state index is -0.105. The van der Waals surface area contributed by atoms with Crippen LogP contribution in [0.4, 0.5) is 10.2 Å². The molecule has 37 heavy (non-hydrogen) atoms. The molecule has 4 heteroatoms. The molecule has 1 aliphatic carbocycles. The third kappa shape index (κ3) is 6.83. The number of pyridine rings is 1. The van der Waals surface area contributed by atoms with Crippen molar-refractivity contribution >= 4 is 11.4 Å². The summed E-state index contributed by atoms with van der Waals surface area (Å²) in [5.41, 5.74) is 7.27. The van der Waals surface area contributed by atoms with Crippen molar-refractivity contribution in [2.24, 2.45) is 11.8 Å². The van der Waals surface area contributed by atoms with Crippen LogP contribution in [0.15, 0.2) is 43.3 Å². The SMILES string of the molecule is C=C(CC)N[C@@H](CC)[C@H](Cc1cc(Cc2cnc(N3CCCCC3)c(C)c2)c(C(=C)C)cc1F)C1CC1. The molecule has 3 nitrogen and oxygen atoms in total. The Labute approximate surface area is 224 Å². The zero-order valence-corrected chi connectivity index (χ0v) is 23.5. The fraction of sp³-hybridized carbons (Fsp3) is 0.545. The van der Waals surface area contributed by atoms with Crippen molar-refractivity contribution in [3.05, 3.63) is 76.9 Å². The number of aromatic nitrogens is 1. The van der Waals surface area contributed by atoms with Gasteiger partial charge < -0.3 is 10.2 Å². The Kier molecular flexibility index (Phi) is 9.10. The molecule has 2 aliphatic rings. The van der Waals surface area contributed by atoms with Crippen molar-refractivity contribution in [1.82, 2.24) is 10.3 Å². The number of allylic oxidation sites excluding steroid dienone is 2. The van der Waals surface area contributed by atoms with E-state index in [1.807, 2.05) is 13.1 Å². The summed E-state index contributed by atoms with van der Waals surface area (Å²) in [7, 11) is 0. The van der Waals surface area contributed by atoms with Gasteiger partial charge in [-0.2, -0.15) is 0 Å². The molecule has 2 fully saturated rings. The number of rotatable bonds is 12. The molecule has 1 aromatic carbocycles. The van der Waals surface area contributed by atoms with E-state index in [2.05, 4.69) is 56.3 Å². The van der Waals surface area contributed by atoms with Crippen LogP contribution in [0.25, 0.3) is 5.57 Å². The van der Waals surface area contributed by atoms with Crippen molar-refractivity contribution < 1.29 is 4.39 Å². The fourth-order valence-corrected chi connectivity index (χ4v) is 6.04. The average molecular weight is 504 g/mol. The van der Waals surface area contributed by atoms with Crippen molar-refractivity contribution in [3.63, 3.8) is 0 Å². The second-order valence-electron chi connectivity index (χ2n) is 11.4. The number of aryl methyl sites for hydroxylation is 1. The van der Waals surface area contributed by atoms with Gasteiger partial charge >= 0.3 is 0 Å². The van der Waals surface area contributed by atoms with Gasteiger partial charge in [0.1, 0.15) is 11.6 Å². The van der Waals surface area contributed by atoms with Crippen molar-refractivity contribution in [1.29, 1.82) is 0 Å². The molecule has 2 aromatic rings. The van der Waals surface area contributed by atoms with E-state index in [1.54, 1.807) is 6.07 Å². The molecule has 0 amide bonds. The van der Waals surface area contributed by atoms with Gasteiger partial charge in [-0.25, -0.2) is 9.37 Å². The third-order valence-corrected chi connectivity index (χ3v) is 8.35. The third-order valence-electron chi connectivity index (χ3n) is 8.35. The number of anilines is 1. The van der Waals surface area contributed by atoms with Gasteiger partial charge in [0, 0.05) is 31.0 Å². The Morgan fingerprint density at radius 2 is 1.84 bits per heavy atom. The summed E-state index contributed by atoms with van der Waals surface area (Å²) in [6, 6.07) is 6.43. The molecule has 1 N–H and O–H groups in total. The zero-order valence-electron chi connectivity index (χ0n) is 23.5. The first kappa shape index (κ1) is 27.4. The summed E-state index contributed by atoms with van der Waals surface area (Å²) in [6.07, 6.45) is 11.7. The summed E-state index contributed by atoms with van der Waals surface area (Å²) in [4.78, 5) is 7.29. The lowest BCUT2D eigenvalue weighted by molar-refractivity contribution is 0.320. The lowest BCUT2D eigenvalue weighted by Crippen LogP contribution is -2.37. The van der Waals surface area contributed by atoms with Crippen molar-refractivity contribution in [2.45, 2.75) is 91.5 Å². The largest absolute Gasteiger partial charge is 0.386 e. The standard InChI is InChI=1S/C33H46FN3/c1-7-24(6)36-32(8-2)30(26-12-13-26)19-28-18-27(29(22(3)4)20-31(28)34)17-25-16-23(5)33(35-21-25)37-14-10-9-11-15-37/h16,18,20-21,26,30,32,36H,3,6-15,17,19H2,1-2,4-5H3/t30-,32+/m1/s1. The normalized spacial score (nSPS) is 17.4. The maximum absolute atomic E-state index is 15.5. The van der Waals surface area contributed by atoms with Crippen molar-refractivity contribution in [2.75, 3.05) is 18.0 Å². The van der Waals surface area contributed by atoms with Gasteiger partial charge in [-0.15, -0.1) is 0 Å². The number of piperidine rings is 1. The smallest absolute Gasteiger partial charge is 0.131 e. The fourth-order valence-electron chi connectivity index (χ4n) is 6.04. The first-order chi connectivity index (χ1) is 17.8. The van der Waals surface area contributed by atoms with Crippen LogP contribution in [0.1, 0.15) is 93.5 Å². The van der Waals surface area contributed by atoms with Gasteiger partial charge in [-0.05, 0) is 117 Å². The van der Waals surface area contributed by atoms with E-state index in [0.717, 1.165) is 72.6 Å². The molecule has 200 valence electrons. The van der Waals surface area contributed by atoms with Crippen molar-refractivity contribution in [3.8, 4) is 0 Å². The molecule has 2 heterocycles. The number of nitrogens with zero attached hydrogens (tertiary/aromatic N) is 2. The Morgan fingerprint density at radius 3 is 2.43 bits per heavy atom. The highest BCUT2D eigenvalue weighted by Gasteiger charge is 2.36. The first-order valence-electron chi connectivity index (χ1n) is 14.4. The van der Waals surface area contributed by atoms with Gasteiger partial charge in [0.15, 0.2) is 0 Å². The van der Waals surface area contributed by atoms with E-state index < -0.39 is 0 Å². The summed E-state index contributed by atoms with van der Waals surface area (Å²) < 4.78 is 15.5. The van der Waals surface area contributed by atoms with Gasteiger partial charge in [0.25, 0.3) is 0 Å². The predicted octanol–water partition coefficient (Wildman–Crippen LogP) is 8.00. The van der Waals surface area contributed by atoms with Crippen LogP contribution in [-0.2, 0) is 12.8 Å². The molecule has 1 aromatic heterocycles. The first-order valence-corrected chi connectivity index (χ1v) is 14.4. The van der Waals surface area contributed by atoms with Crippen LogP contribution in [0.2, 0.25) is 0 Å². The zero-order chi connectivity index (χ0) is 26.5. The van der Waals surface area contributed by atoms with Gasteiger partial charge in [0.2, 0.25) is 0 Å². The van der Waals surface area contributed by atoms with Crippen LogP contribution in [0.3, 0.4) is 0 Å². The summed E-state index contributed by atoms with van der Waals surface area (Å²) in [5.74, 6) is 2.09. The van der Waals surface area contributed by atoms with Crippen LogP contribution in [-0.4, -0.2) is 24.1 Å². The van der Waals surface area contributed by atoms with E-state index in [0.29, 0.717) is 17.9 Å². The topological polar surface area (TPSA) is 28.2 Å². The second-order valence-corrected chi connectivity index (χ2v) is 11.4. The lowest BCUT2D eigenvalue weighted by atomic mass is 9.84. The van der Waals surface area contributed by atoms with E-state index in [-0.39, 0.29) is 5.82 Å². The molecule has 1 saturated heterocycles. The Bertz CT molecular complexity index is 1110. The average Bonchev–Trinajstić information content (AvgIpc) is 3.73. The Balaban J connectivity index is 1.59. The number of halogens is 1. The van der Waals surface area contributed by atoms with E-state index >= 15 is 4.39 Å². The minimum absolute atomic E-state index is 0.105. The minimum Gasteiger partial charge on any atom is -0.386 e. The Hall–Kier alpha value is -2.62. The molecular weight excluding hydrogens is 457 g/mol. The molecule has 4 rings (SSSR count). The molecule has 0 bridgehead atoms. The lowest BCUT2D eigenvalue weighted by Gasteiger charge is -2.30. The van der Waals surface area contributed by atoms with Crippen LogP contribution in [0.5, 0.6) is 0 Å². The summed E-state index contributed by atoms with van der Waals surface area (Å²) in [6.45, 7) is 19.0. The van der Waals surface area contributed by atoms with Crippen LogP contribution in [0, 0.1) is 24.6 Å². The highest BCUT2D eigenvalue weighted by molar-refractivity contribution is 5.66. The molecule has 1 saturated carbocycles. The second kappa shape index (κ2) is 12.3. The highest BCUT2D eigenvalue weighted by atomic mass is 19.1. The van der Waals surface area contributed by atoms with Crippen LogP contribution >= 0.6 is 0 Å².